The number of H-pyrrole nitrogens is 1. The topological polar surface area (TPSA) is 152 Å². The van der Waals surface area contributed by atoms with Crippen molar-refractivity contribution in [1.29, 1.82) is 0 Å². The predicted octanol–water partition coefficient (Wildman–Crippen LogP) is 6.51. The Morgan fingerprint density at radius 3 is 2.63 bits per heavy atom. The molecule has 0 saturated heterocycles. The molecule has 5 rings (SSSR count). The van der Waals surface area contributed by atoms with Crippen LogP contribution in [0, 0.1) is 5.92 Å². The highest BCUT2D eigenvalue weighted by Crippen LogP contribution is 2.41. The number of halogens is 2. The van der Waals surface area contributed by atoms with Crippen LogP contribution in [0.25, 0.3) is 33.7 Å². The number of nitrogens with zero attached hydrogens (tertiary/aromatic N) is 5. The van der Waals surface area contributed by atoms with Gasteiger partial charge in [0, 0.05) is 29.5 Å². The molecule has 3 aromatic heterocycles. The molecule has 224 valence electrons. The van der Waals surface area contributed by atoms with Crippen molar-refractivity contribution in [3.8, 4) is 22.7 Å². The lowest BCUT2D eigenvalue weighted by atomic mass is 9.99. The standard InChI is InChI=1S/C30H31BrClN7O4/c1-4-6-11-22-33-27(32)25(29(40)34-24(30(41)42)16(3)5-2)39(22)15-17-12-13-21-20(14-17)23(31)26(43-21)18-9-7-8-10-19(18)28-35-37-38-36-28/h7-10,12-14,16,24H,4-6,11,15H2,1-3H3,(H,34,40)(H,41,42)(H,35,36,37,38)/t16?,24-/m0/s1. The normalized spacial score (nSPS) is 12.9. The van der Waals surface area contributed by atoms with Gasteiger partial charge in [0.2, 0.25) is 5.82 Å². The molecule has 0 aliphatic carbocycles. The van der Waals surface area contributed by atoms with Crippen molar-refractivity contribution in [1.82, 2.24) is 35.5 Å². The number of carboxylic acids is 1. The fraction of sp³-hybridized carbons (Fsp3) is 0.333. The van der Waals surface area contributed by atoms with E-state index in [2.05, 4.69) is 53.8 Å². The summed E-state index contributed by atoms with van der Waals surface area (Å²) in [5.41, 5.74) is 3.25. The lowest BCUT2D eigenvalue weighted by Gasteiger charge is -2.21. The van der Waals surface area contributed by atoms with Gasteiger partial charge in [-0.05, 0) is 51.2 Å². The van der Waals surface area contributed by atoms with E-state index in [-0.39, 0.29) is 16.8 Å². The number of rotatable bonds is 12. The average Bonchev–Trinajstić information content (AvgIpc) is 3.72. The third kappa shape index (κ3) is 6.21. The molecule has 0 saturated carbocycles. The second-order valence-corrected chi connectivity index (χ2v) is 11.5. The summed E-state index contributed by atoms with van der Waals surface area (Å²) in [7, 11) is 0. The fourth-order valence-electron chi connectivity index (χ4n) is 4.99. The number of carboxylic acid groups (broad SMARTS) is 1. The number of benzene rings is 2. The number of amides is 1. The Balaban J connectivity index is 1.53. The average molecular weight is 669 g/mol. The van der Waals surface area contributed by atoms with Gasteiger partial charge in [-0.2, -0.15) is 5.21 Å². The van der Waals surface area contributed by atoms with Crippen LogP contribution in [0.1, 0.15) is 61.9 Å². The summed E-state index contributed by atoms with van der Waals surface area (Å²) in [5, 5.41) is 27.7. The molecular formula is C30H31BrClN7O4. The third-order valence-electron chi connectivity index (χ3n) is 7.53. The number of fused-ring (bicyclic) bond motifs is 1. The molecule has 3 heterocycles. The van der Waals surface area contributed by atoms with Gasteiger partial charge in [0.15, 0.2) is 5.15 Å². The fourth-order valence-corrected chi connectivity index (χ4v) is 5.88. The van der Waals surface area contributed by atoms with Crippen LogP contribution in [0.5, 0.6) is 0 Å². The van der Waals surface area contributed by atoms with Gasteiger partial charge in [-0.1, -0.05) is 75.5 Å². The number of hydrogen-bond acceptors (Lipinski definition) is 7. The molecule has 0 aliphatic heterocycles. The van der Waals surface area contributed by atoms with E-state index >= 15 is 0 Å². The predicted molar refractivity (Wildman–Crippen MR) is 166 cm³/mol. The molecule has 0 fully saturated rings. The quantitative estimate of drug-likeness (QED) is 0.136. The molecule has 1 amide bonds. The summed E-state index contributed by atoms with van der Waals surface area (Å²) in [6, 6.07) is 12.4. The maximum atomic E-state index is 13.5. The zero-order valence-corrected chi connectivity index (χ0v) is 26.2. The first-order chi connectivity index (χ1) is 20.7. The van der Waals surface area contributed by atoms with Gasteiger partial charge in [-0.3, -0.25) is 4.79 Å². The largest absolute Gasteiger partial charge is 0.480 e. The molecule has 0 aliphatic rings. The molecule has 0 radical (unpaired) electrons. The number of nitrogens with one attached hydrogen (secondary N) is 2. The van der Waals surface area contributed by atoms with E-state index in [0.717, 1.165) is 39.4 Å². The van der Waals surface area contributed by atoms with Gasteiger partial charge in [0.05, 0.1) is 4.47 Å². The summed E-state index contributed by atoms with van der Waals surface area (Å²) in [5.74, 6) is -0.206. The van der Waals surface area contributed by atoms with E-state index in [1.807, 2.05) is 49.4 Å². The molecular weight excluding hydrogens is 638 g/mol. The molecule has 11 nitrogen and oxygen atoms in total. The van der Waals surface area contributed by atoms with Crippen molar-refractivity contribution in [2.45, 2.75) is 59.0 Å². The maximum absolute atomic E-state index is 13.5. The highest BCUT2D eigenvalue weighted by Gasteiger charge is 2.30. The van der Waals surface area contributed by atoms with Crippen LogP contribution in [0.4, 0.5) is 0 Å². The lowest BCUT2D eigenvalue weighted by Crippen LogP contribution is -2.45. The molecule has 2 atom stereocenters. The van der Waals surface area contributed by atoms with Crippen molar-refractivity contribution in [3.63, 3.8) is 0 Å². The van der Waals surface area contributed by atoms with Crippen LogP contribution in [0.15, 0.2) is 51.4 Å². The van der Waals surface area contributed by atoms with Gasteiger partial charge < -0.3 is 19.4 Å². The smallest absolute Gasteiger partial charge is 0.326 e. The van der Waals surface area contributed by atoms with E-state index in [9.17, 15) is 14.7 Å². The maximum Gasteiger partial charge on any atom is 0.326 e. The summed E-state index contributed by atoms with van der Waals surface area (Å²) in [6.07, 6.45) is 3.00. The minimum Gasteiger partial charge on any atom is -0.480 e. The minimum absolute atomic E-state index is 0.0443. The lowest BCUT2D eigenvalue weighted by molar-refractivity contribution is -0.140. The van der Waals surface area contributed by atoms with Gasteiger partial charge in [-0.25, -0.2) is 9.78 Å². The number of imidazole rings is 1. The first-order valence-electron chi connectivity index (χ1n) is 14.1. The van der Waals surface area contributed by atoms with Crippen molar-refractivity contribution < 1.29 is 19.1 Å². The number of carbonyl (C=O) groups excluding carboxylic acids is 1. The Morgan fingerprint density at radius 2 is 1.95 bits per heavy atom. The molecule has 43 heavy (non-hydrogen) atoms. The second-order valence-electron chi connectivity index (χ2n) is 10.4. The van der Waals surface area contributed by atoms with E-state index < -0.39 is 17.9 Å². The highest BCUT2D eigenvalue weighted by molar-refractivity contribution is 9.10. The number of hydrogen-bond donors (Lipinski definition) is 3. The number of aromatic amines is 1. The van der Waals surface area contributed by atoms with Crippen LogP contribution in [0.3, 0.4) is 0 Å². The summed E-state index contributed by atoms with van der Waals surface area (Å²) < 4.78 is 8.82. The van der Waals surface area contributed by atoms with Gasteiger partial charge in [-0.15, -0.1) is 10.2 Å². The molecule has 0 bridgehead atoms. The monoisotopic (exact) mass is 667 g/mol. The third-order valence-corrected chi connectivity index (χ3v) is 8.58. The number of tetrazole rings is 1. The molecule has 1 unspecified atom stereocenters. The van der Waals surface area contributed by atoms with E-state index in [0.29, 0.717) is 42.4 Å². The zero-order chi connectivity index (χ0) is 30.7. The van der Waals surface area contributed by atoms with Crippen LogP contribution in [-0.4, -0.2) is 53.2 Å². The summed E-state index contributed by atoms with van der Waals surface area (Å²) in [6.45, 7) is 6.04. The molecule has 2 aromatic carbocycles. The van der Waals surface area contributed by atoms with Crippen molar-refractivity contribution in [2.24, 2.45) is 5.92 Å². The second kappa shape index (κ2) is 13.1. The Labute approximate surface area is 261 Å². The number of aromatic nitrogens is 6. The summed E-state index contributed by atoms with van der Waals surface area (Å²) in [4.78, 5) is 29.9. The van der Waals surface area contributed by atoms with Gasteiger partial charge >= 0.3 is 5.97 Å². The number of aryl methyl sites for hydroxylation is 1. The molecule has 13 heteroatoms. The minimum atomic E-state index is -1.09. The SMILES string of the molecule is CCCCc1nc(Cl)c(C(=O)N[C@H](C(=O)O)C(C)CC)n1Cc1ccc2oc(-c3ccccc3-c3nn[nH]n3)c(Br)c2c1. The summed E-state index contributed by atoms with van der Waals surface area (Å²) >= 11 is 10.3. The van der Waals surface area contributed by atoms with E-state index in [1.54, 1.807) is 11.5 Å². The van der Waals surface area contributed by atoms with Crippen LogP contribution in [0.2, 0.25) is 5.15 Å². The Hall–Kier alpha value is -4.03. The van der Waals surface area contributed by atoms with Gasteiger partial charge in [0.1, 0.15) is 28.9 Å². The Morgan fingerprint density at radius 1 is 1.19 bits per heavy atom. The van der Waals surface area contributed by atoms with Crippen LogP contribution in [-0.2, 0) is 17.8 Å². The highest BCUT2D eigenvalue weighted by atomic mass is 79.9. The molecule has 0 spiro atoms. The van der Waals surface area contributed by atoms with E-state index in [1.165, 1.54) is 0 Å². The first kappa shape index (κ1) is 30.4. The number of aliphatic carboxylic acids is 1. The number of carbonyl (C=O) groups is 2. The van der Waals surface area contributed by atoms with E-state index in [4.69, 9.17) is 16.0 Å². The van der Waals surface area contributed by atoms with Crippen LogP contribution < -0.4 is 5.32 Å². The molecule has 3 N–H and O–H groups in total. The van der Waals surface area contributed by atoms with Crippen molar-refractivity contribution in [2.75, 3.05) is 0 Å². The zero-order valence-electron chi connectivity index (χ0n) is 23.9. The van der Waals surface area contributed by atoms with Gasteiger partial charge in [0.25, 0.3) is 5.91 Å². The number of furan rings is 1. The van der Waals surface area contributed by atoms with Crippen molar-refractivity contribution in [3.05, 3.63) is 69.2 Å². The Bertz CT molecular complexity index is 1770. The molecule has 5 aromatic rings. The Kier molecular flexibility index (Phi) is 9.26. The number of unbranched alkanes of at least 4 members (excludes halogenated alkanes) is 1. The van der Waals surface area contributed by atoms with Crippen LogP contribution >= 0.6 is 27.5 Å². The first-order valence-corrected chi connectivity index (χ1v) is 15.2. The van der Waals surface area contributed by atoms with Crippen molar-refractivity contribution >= 4 is 50.4 Å².